The first-order valence-corrected chi connectivity index (χ1v) is 8.94. The van der Waals surface area contributed by atoms with Crippen molar-refractivity contribution < 1.29 is 13.9 Å². The van der Waals surface area contributed by atoms with Gasteiger partial charge in [-0.1, -0.05) is 0 Å². The van der Waals surface area contributed by atoms with Crippen LogP contribution < -0.4 is 0 Å². The van der Waals surface area contributed by atoms with Gasteiger partial charge in [0.2, 0.25) is 5.91 Å². The molecule has 0 radical (unpaired) electrons. The van der Waals surface area contributed by atoms with Gasteiger partial charge in [0, 0.05) is 31.1 Å². The molecule has 0 bridgehead atoms. The van der Waals surface area contributed by atoms with Crippen LogP contribution in [0, 0.1) is 6.92 Å². The molecule has 1 aromatic rings. The minimum absolute atomic E-state index is 0.0921. The number of hydrogen-bond acceptors (Lipinski definition) is 4. The molecule has 0 aromatic carbocycles. The van der Waals surface area contributed by atoms with Crippen LogP contribution >= 0.6 is 11.8 Å². The summed E-state index contributed by atoms with van der Waals surface area (Å²) in [5, 5.41) is 0. The van der Waals surface area contributed by atoms with Crippen LogP contribution in [-0.4, -0.2) is 41.6 Å². The van der Waals surface area contributed by atoms with Gasteiger partial charge >= 0.3 is 0 Å². The van der Waals surface area contributed by atoms with Gasteiger partial charge in [0.05, 0.1) is 12.1 Å². The summed E-state index contributed by atoms with van der Waals surface area (Å²) < 4.78 is 11.4. The summed E-state index contributed by atoms with van der Waals surface area (Å²) in [5.74, 6) is 4.02. The van der Waals surface area contributed by atoms with Gasteiger partial charge in [0.15, 0.2) is 0 Å². The zero-order valence-corrected chi connectivity index (χ0v) is 13.4. The normalized spacial score (nSPS) is 26.2. The molecule has 2 aliphatic rings. The van der Waals surface area contributed by atoms with E-state index in [1.54, 1.807) is 0 Å². The number of thioether (sulfide) groups is 1. The fourth-order valence-electron chi connectivity index (χ4n) is 3.07. The molecule has 2 fully saturated rings. The maximum absolute atomic E-state index is 12.6. The molecule has 2 aliphatic heterocycles. The second-order valence-corrected chi connectivity index (χ2v) is 6.95. The highest BCUT2D eigenvalue weighted by Gasteiger charge is 2.30. The van der Waals surface area contributed by atoms with E-state index in [0.29, 0.717) is 6.42 Å². The van der Waals surface area contributed by atoms with Gasteiger partial charge in [-0.15, -0.1) is 0 Å². The van der Waals surface area contributed by atoms with Gasteiger partial charge in [-0.3, -0.25) is 4.79 Å². The maximum Gasteiger partial charge on any atom is 0.223 e. The first-order chi connectivity index (χ1) is 10.2. The summed E-state index contributed by atoms with van der Waals surface area (Å²) in [6.45, 7) is 3.62. The summed E-state index contributed by atoms with van der Waals surface area (Å²) in [6.07, 6.45) is 3.97. The Morgan fingerprint density at radius 3 is 3.10 bits per heavy atom. The Labute approximate surface area is 130 Å². The van der Waals surface area contributed by atoms with Crippen molar-refractivity contribution in [3.05, 3.63) is 23.7 Å². The first kappa shape index (κ1) is 15.0. The van der Waals surface area contributed by atoms with E-state index in [-0.39, 0.29) is 18.1 Å². The van der Waals surface area contributed by atoms with Crippen LogP contribution in [0.3, 0.4) is 0 Å². The predicted octanol–water partition coefficient (Wildman–Crippen LogP) is 3.16. The van der Waals surface area contributed by atoms with E-state index < -0.39 is 0 Å². The Kier molecular flexibility index (Phi) is 4.91. The Hall–Kier alpha value is -0.940. The fraction of sp³-hybridized carbons (Fsp3) is 0.688. The van der Waals surface area contributed by atoms with Crippen LogP contribution in [-0.2, 0) is 9.53 Å². The molecule has 0 saturated carbocycles. The molecule has 3 heterocycles. The molecule has 0 N–H and O–H groups in total. The van der Waals surface area contributed by atoms with Gasteiger partial charge in [0.1, 0.15) is 11.5 Å². The van der Waals surface area contributed by atoms with Crippen LogP contribution in [0.4, 0.5) is 0 Å². The third kappa shape index (κ3) is 3.64. The highest BCUT2D eigenvalue weighted by Crippen LogP contribution is 2.31. The number of hydrogen-bond donors (Lipinski definition) is 0. The summed E-state index contributed by atoms with van der Waals surface area (Å²) in [7, 11) is 0. The van der Waals surface area contributed by atoms with Crippen LogP contribution in [0.25, 0.3) is 0 Å². The summed E-state index contributed by atoms with van der Waals surface area (Å²) in [4.78, 5) is 14.6. The maximum atomic E-state index is 12.6. The second-order valence-electron chi connectivity index (χ2n) is 5.80. The lowest BCUT2D eigenvalue weighted by molar-refractivity contribution is -0.134. The molecule has 2 atom stereocenters. The number of nitrogens with zero attached hydrogens (tertiary/aromatic N) is 1. The summed E-state index contributed by atoms with van der Waals surface area (Å²) >= 11 is 1.89. The van der Waals surface area contributed by atoms with Gasteiger partial charge in [-0.2, -0.15) is 11.8 Å². The van der Waals surface area contributed by atoms with Crippen LogP contribution in [0.5, 0.6) is 0 Å². The van der Waals surface area contributed by atoms with E-state index in [1.165, 1.54) is 0 Å². The van der Waals surface area contributed by atoms with Gasteiger partial charge in [-0.05, 0) is 38.3 Å². The van der Waals surface area contributed by atoms with Crippen molar-refractivity contribution in [2.45, 2.75) is 44.8 Å². The number of furan rings is 1. The molecule has 21 heavy (non-hydrogen) atoms. The SMILES string of the molecule is Cc1ccc([C@H]2CSCCN2C(=O)CC[C@@H]2CCCO2)o1. The van der Waals surface area contributed by atoms with Crippen molar-refractivity contribution in [3.8, 4) is 0 Å². The van der Waals surface area contributed by atoms with Crippen molar-refractivity contribution in [1.82, 2.24) is 4.90 Å². The fourth-order valence-corrected chi connectivity index (χ4v) is 4.13. The lowest BCUT2D eigenvalue weighted by atomic mass is 10.1. The molecular formula is C16H23NO3S. The second kappa shape index (κ2) is 6.88. The molecule has 1 amide bonds. The molecule has 1 aromatic heterocycles. The van der Waals surface area contributed by atoms with Gasteiger partial charge < -0.3 is 14.1 Å². The van der Waals surface area contributed by atoms with E-state index in [2.05, 4.69) is 0 Å². The third-order valence-electron chi connectivity index (χ3n) is 4.24. The van der Waals surface area contributed by atoms with Crippen molar-refractivity contribution in [1.29, 1.82) is 0 Å². The zero-order chi connectivity index (χ0) is 14.7. The Morgan fingerprint density at radius 2 is 2.38 bits per heavy atom. The number of ether oxygens (including phenoxy) is 1. The summed E-state index contributed by atoms with van der Waals surface area (Å²) in [5.41, 5.74) is 0. The highest BCUT2D eigenvalue weighted by molar-refractivity contribution is 7.99. The monoisotopic (exact) mass is 309 g/mol. The van der Waals surface area contributed by atoms with Crippen molar-refractivity contribution in [3.63, 3.8) is 0 Å². The molecule has 3 rings (SSSR count). The van der Waals surface area contributed by atoms with Crippen LogP contribution in [0.1, 0.15) is 43.2 Å². The van der Waals surface area contributed by atoms with E-state index in [1.807, 2.05) is 35.7 Å². The standard InChI is InChI=1S/C16H23NO3S/c1-12-4-6-15(20-12)14-11-21-10-8-17(14)16(18)7-5-13-3-2-9-19-13/h4,6,13-14H,2-3,5,7-11H2,1H3/t13-,14+/m0/s1. The number of amides is 1. The minimum atomic E-state index is 0.0921. The molecule has 4 nitrogen and oxygen atoms in total. The van der Waals surface area contributed by atoms with Crippen molar-refractivity contribution in [2.75, 3.05) is 24.7 Å². The van der Waals surface area contributed by atoms with E-state index in [4.69, 9.17) is 9.15 Å². The molecule has 2 saturated heterocycles. The lowest BCUT2D eigenvalue weighted by Gasteiger charge is -2.34. The summed E-state index contributed by atoms with van der Waals surface area (Å²) in [6, 6.07) is 4.07. The minimum Gasteiger partial charge on any atom is -0.464 e. The predicted molar refractivity (Wildman–Crippen MR) is 83.4 cm³/mol. The largest absolute Gasteiger partial charge is 0.464 e. The van der Waals surface area contributed by atoms with Gasteiger partial charge in [-0.25, -0.2) is 0 Å². The molecule has 0 aliphatic carbocycles. The number of carbonyl (C=O) groups excluding carboxylic acids is 1. The quantitative estimate of drug-likeness (QED) is 0.857. The Morgan fingerprint density at radius 1 is 1.48 bits per heavy atom. The zero-order valence-electron chi connectivity index (χ0n) is 12.5. The Balaban J connectivity index is 1.61. The average Bonchev–Trinajstić information content (AvgIpc) is 3.16. The number of rotatable bonds is 4. The topological polar surface area (TPSA) is 42.7 Å². The number of carbonyl (C=O) groups is 1. The highest BCUT2D eigenvalue weighted by atomic mass is 32.2. The van der Waals surface area contributed by atoms with Crippen molar-refractivity contribution >= 4 is 17.7 Å². The first-order valence-electron chi connectivity index (χ1n) is 7.79. The number of aryl methyl sites for hydroxylation is 1. The van der Waals surface area contributed by atoms with Crippen LogP contribution in [0.2, 0.25) is 0 Å². The molecule has 0 unspecified atom stereocenters. The van der Waals surface area contributed by atoms with E-state index in [0.717, 1.165) is 55.4 Å². The molecular weight excluding hydrogens is 286 g/mol. The average molecular weight is 309 g/mol. The van der Waals surface area contributed by atoms with Gasteiger partial charge in [0.25, 0.3) is 0 Å². The van der Waals surface area contributed by atoms with E-state index >= 15 is 0 Å². The third-order valence-corrected chi connectivity index (χ3v) is 5.27. The smallest absolute Gasteiger partial charge is 0.223 e. The Bertz CT molecular complexity index is 482. The molecule has 5 heteroatoms. The van der Waals surface area contributed by atoms with Crippen LogP contribution in [0.15, 0.2) is 16.5 Å². The van der Waals surface area contributed by atoms with Crippen molar-refractivity contribution in [2.24, 2.45) is 0 Å². The lowest BCUT2D eigenvalue weighted by Crippen LogP contribution is -2.40. The molecule has 116 valence electrons. The van der Waals surface area contributed by atoms with E-state index in [9.17, 15) is 4.79 Å². The molecule has 0 spiro atoms.